The van der Waals surface area contributed by atoms with Crippen molar-refractivity contribution in [3.05, 3.63) is 12.2 Å². The first-order valence-electron chi connectivity index (χ1n) is 4.25. The summed E-state index contributed by atoms with van der Waals surface area (Å²) in [5.41, 5.74) is 0.291. The minimum Gasteiger partial charge on any atom is -0.460 e. The third-order valence-electron chi connectivity index (χ3n) is 1.37. The Bertz CT molecular complexity index is 165. The largest absolute Gasteiger partial charge is 0.460 e. The molecule has 0 aliphatic carbocycles. The van der Waals surface area contributed by atoms with Gasteiger partial charge in [-0.1, -0.05) is 6.58 Å². The second-order valence-electron chi connectivity index (χ2n) is 2.41. The van der Waals surface area contributed by atoms with Crippen LogP contribution in [-0.2, 0) is 14.3 Å². The summed E-state index contributed by atoms with van der Waals surface area (Å²) in [7, 11) is 0. The van der Waals surface area contributed by atoms with E-state index in [2.05, 4.69) is 6.58 Å². The van der Waals surface area contributed by atoms with Crippen LogP contribution < -0.4 is 0 Å². The highest BCUT2D eigenvalue weighted by Gasteiger charge is 2.06. The fourth-order valence-electron chi connectivity index (χ4n) is 0.677. The minimum atomic E-state index is -0.464. The molecule has 0 spiro atoms. The first-order valence-corrected chi connectivity index (χ1v) is 4.25. The lowest BCUT2D eigenvalue weighted by Crippen LogP contribution is -2.12. The molecule has 0 radical (unpaired) electrons. The summed E-state index contributed by atoms with van der Waals surface area (Å²) in [5.74, 6) is -0.464. The van der Waals surface area contributed by atoms with Gasteiger partial charge in [0.2, 0.25) is 0 Å². The number of hydrogen-bond donors (Lipinski definition) is 1. The van der Waals surface area contributed by atoms with E-state index < -0.39 is 5.97 Å². The van der Waals surface area contributed by atoms with Crippen LogP contribution in [0.25, 0.3) is 0 Å². The molecule has 76 valence electrons. The van der Waals surface area contributed by atoms with Crippen molar-refractivity contribution >= 4 is 5.97 Å². The molecule has 4 heteroatoms. The Kier molecular flexibility index (Phi) is 7.24. The van der Waals surface area contributed by atoms with Gasteiger partial charge < -0.3 is 14.6 Å². The van der Waals surface area contributed by atoms with Gasteiger partial charge in [-0.15, -0.1) is 0 Å². The highest BCUT2D eigenvalue weighted by atomic mass is 16.6. The van der Waals surface area contributed by atoms with Crippen LogP contribution in [-0.4, -0.2) is 37.5 Å². The maximum atomic E-state index is 11.0. The van der Waals surface area contributed by atoms with E-state index >= 15 is 0 Å². The number of aliphatic hydroxyl groups excluding tert-OH is 1. The van der Waals surface area contributed by atoms with Crippen molar-refractivity contribution in [1.29, 1.82) is 0 Å². The van der Waals surface area contributed by atoms with Crippen LogP contribution in [0.1, 0.15) is 13.3 Å². The first kappa shape index (κ1) is 12.1. The fraction of sp³-hybridized carbons (Fsp3) is 0.667. The molecule has 1 N–H and O–H groups in total. The summed E-state index contributed by atoms with van der Waals surface area (Å²) in [6.45, 7) is 6.49. The van der Waals surface area contributed by atoms with E-state index in [0.29, 0.717) is 18.8 Å². The van der Waals surface area contributed by atoms with Crippen molar-refractivity contribution in [3.8, 4) is 0 Å². The van der Waals surface area contributed by atoms with Crippen molar-refractivity contribution in [2.24, 2.45) is 0 Å². The van der Waals surface area contributed by atoms with E-state index in [1.54, 1.807) is 0 Å². The molecule has 13 heavy (non-hydrogen) atoms. The second kappa shape index (κ2) is 7.76. The highest BCUT2D eigenvalue weighted by Crippen LogP contribution is 1.99. The van der Waals surface area contributed by atoms with E-state index in [9.17, 15) is 4.79 Å². The number of ether oxygens (including phenoxy) is 2. The topological polar surface area (TPSA) is 55.8 Å². The summed E-state index contributed by atoms with van der Waals surface area (Å²) in [4.78, 5) is 11.0. The predicted molar refractivity (Wildman–Crippen MR) is 48.3 cm³/mol. The predicted octanol–water partition coefficient (Wildman–Crippen LogP) is 0.505. The first-order chi connectivity index (χ1) is 6.22. The lowest BCUT2D eigenvalue weighted by atomic mass is 10.2. The van der Waals surface area contributed by atoms with Crippen LogP contribution >= 0.6 is 0 Å². The third-order valence-corrected chi connectivity index (χ3v) is 1.37. The van der Waals surface area contributed by atoms with Crippen LogP contribution in [0.2, 0.25) is 0 Å². The number of carbonyl (C=O) groups is 1. The quantitative estimate of drug-likeness (QED) is 0.359. The molecule has 0 aromatic heterocycles. The SMILES string of the molecule is C=C(CCO)C(=O)OCCOCC. The lowest BCUT2D eigenvalue weighted by molar-refractivity contribution is -0.140. The molecule has 0 atom stereocenters. The molecule has 0 saturated heterocycles. The molecule has 0 amide bonds. The average molecular weight is 188 g/mol. The third kappa shape index (κ3) is 6.31. The number of esters is 1. The lowest BCUT2D eigenvalue weighted by Gasteiger charge is -2.05. The molecule has 0 fully saturated rings. The van der Waals surface area contributed by atoms with Gasteiger partial charge in [-0.3, -0.25) is 0 Å². The molecule has 0 aromatic rings. The van der Waals surface area contributed by atoms with Gasteiger partial charge in [-0.2, -0.15) is 0 Å². The van der Waals surface area contributed by atoms with Crippen LogP contribution in [0.3, 0.4) is 0 Å². The van der Waals surface area contributed by atoms with Crippen LogP contribution in [0, 0.1) is 0 Å². The normalized spacial score (nSPS) is 9.69. The van der Waals surface area contributed by atoms with Crippen LogP contribution in [0.4, 0.5) is 0 Å². The molecular weight excluding hydrogens is 172 g/mol. The van der Waals surface area contributed by atoms with Crippen molar-refractivity contribution < 1.29 is 19.4 Å². The van der Waals surface area contributed by atoms with E-state index in [4.69, 9.17) is 14.6 Å². The van der Waals surface area contributed by atoms with Gasteiger partial charge in [0.25, 0.3) is 0 Å². The molecule has 0 rings (SSSR count). The highest BCUT2D eigenvalue weighted by molar-refractivity contribution is 5.87. The van der Waals surface area contributed by atoms with Crippen molar-refractivity contribution in [2.75, 3.05) is 26.4 Å². The van der Waals surface area contributed by atoms with Gasteiger partial charge in [-0.25, -0.2) is 4.79 Å². The average Bonchev–Trinajstić information content (AvgIpc) is 2.12. The molecule has 0 saturated carbocycles. The summed E-state index contributed by atoms with van der Waals surface area (Å²) in [6.07, 6.45) is 0.257. The van der Waals surface area contributed by atoms with Crippen molar-refractivity contribution in [2.45, 2.75) is 13.3 Å². The Balaban J connectivity index is 3.44. The second-order valence-corrected chi connectivity index (χ2v) is 2.41. The Hall–Kier alpha value is -0.870. The van der Waals surface area contributed by atoms with E-state index in [-0.39, 0.29) is 19.6 Å². The van der Waals surface area contributed by atoms with E-state index in [0.717, 1.165) is 0 Å². The summed E-state index contributed by atoms with van der Waals surface area (Å²) in [6, 6.07) is 0. The Morgan fingerprint density at radius 1 is 1.46 bits per heavy atom. The van der Waals surface area contributed by atoms with Gasteiger partial charge in [0.1, 0.15) is 6.61 Å². The van der Waals surface area contributed by atoms with Gasteiger partial charge >= 0.3 is 5.97 Å². The van der Waals surface area contributed by atoms with Crippen molar-refractivity contribution in [3.63, 3.8) is 0 Å². The smallest absolute Gasteiger partial charge is 0.333 e. The number of hydrogen-bond acceptors (Lipinski definition) is 4. The summed E-state index contributed by atoms with van der Waals surface area (Å²) < 4.78 is 9.75. The zero-order chi connectivity index (χ0) is 10.1. The maximum Gasteiger partial charge on any atom is 0.333 e. The van der Waals surface area contributed by atoms with Gasteiger partial charge in [0.05, 0.1) is 6.61 Å². The summed E-state index contributed by atoms with van der Waals surface area (Å²) >= 11 is 0. The molecule has 0 heterocycles. The molecule has 0 bridgehead atoms. The zero-order valence-electron chi connectivity index (χ0n) is 7.91. The van der Waals surface area contributed by atoms with Crippen molar-refractivity contribution in [1.82, 2.24) is 0 Å². The molecule has 0 aliphatic rings. The number of rotatable bonds is 7. The van der Waals surface area contributed by atoms with Gasteiger partial charge in [0, 0.05) is 25.2 Å². The number of aliphatic hydroxyl groups is 1. The Labute approximate surface area is 78.2 Å². The van der Waals surface area contributed by atoms with Crippen LogP contribution in [0.15, 0.2) is 12.2 Å². The summed E-state index contributed by atoms with van der Waals surface area (Å²) in [5, 5.41) is 8.50. The number of carbonyl (C=O) groups excluding carboxylic acids is 1. The molecule has 4 nitrogen and oxygen atoms in total. The molecule has 0 aliphatic heterocycles. The van der Waals surface area contributed by atoms with E-state index in [1.807, 2.05) is 6.92 Å². The van der Waals surface area contributed by atoms with Gasteiger partial charge in [0.15, 0.2) is 0 Å². The van der Waals surface area contributed by atoms with E-state index in [1.165, 1.54) is 0 Å². The Morgan fingerprint density at radius 3 is 2.69 bits per heavy atom. The monoisotopic (exact) mass is 188 g/mol. The molecule has 0 aromatic carbocycles. The van der Waals surface area contributed by atoms with Crippen LogP contribution in [0.5, 0.6) is 0 Å². The molecular formula is C9H16O4. The standard InChI is InChI=1S/C9H16O4/c1-3-12-6-7-13-9(11)8(2)4-5-10/h10H,2-7H2,1H3. The Morgan fingerprint density at radius 2 is 2.15 bits per heavy atom. The molecule has 0 unspecified atom stereocenters. The minimum absolute atomic E-state index is 0.0839. The fourth-order valence-corrected chi connectivity index (χ4v) is 0.677. The zero-order valence-corrected chi connectivity index (χ0v) is 7.91. The van der Waals surface area contributed by atoms with Gasteiger partial charge in [-0.05, 0) is 6.92 Å². The maximum absolute atomic E-state index is 11.0.